The van der Waals surface area contributed by atoms with Crippen LogP contribution >= 0.6 is 0 Å². The molecule has 10 heteroatoms. The molecule has 2 heterocycles. The van der Waals surface area contributed by atoms with Gasteiger partial charge in [0, 0.05) is 11.4 Å². The molecular formula is C29H36N6O3S. The summed E-state index contributed by atoms with van der Waals surface area (Å²) in [7, 11) is -3.61. The van der Waals surface area contributed by atoms with Gasteiger partial charge < -0.3 is 15.0 Å². The smallest absolute Gasteiger partial charge is 0.245 e. The highest BCUT2D eigenvalue weighted by atomic mass is 32.2. The second kappa shape index (κ2) is 11.2. The Morgan fingerprint density at radius 2 is 1.77 bits per heavy atom. The number of benzene rings is 2. The van der Waals surface area contributed by atoms with Crippen molar-refractivity contribution in [2.24, 2.45) is 5.92 Å². The average molecular weight is 549 g/mol. The number of nitrogens with one attached hydrogen (secondary N) is 3. The van der Waals surface area contributed by atoms with Gasteiger partial charge in [0.15, 0.2) is 5.65 Å². The first kappa shape index (κ1) is 26.9. The highest BCUT2D eigenvalue weighted by molar-refractivity contribution is 7.91. The summed E-state index contributed by atoms with van der Waals surface area (Å²) in [6.07, 6.45) is 7.71. The largest absolute Gasteiger partial charge is 0.476 e. The Labute approximate surface area is 229 Å². The average Bonchev–Trinajstić information content (AvgIpc) is 3.36. The lowest BCUT2D eigenvalue weighted by Crippen LogP contribution is -2.16. The Balaban J connectivity index is 1.27. The molecule has 2 aromatic carbocycles. The van der Waals surface area contributed by atoms with Gasteiger partial charge in [-0.1, -0.05) is 64.3 Å². The lowest BCUT2D eigenvalue weighted by Gasteiger charge is -2.21. The quantitative estimate of drug-likeness (QED) is 0.224. The van der Waals surface area contributed by atoms with Crippen LogP contribution in [0.5, 0.6) is 5.88 Å². The van der Waals surface area contributed by atoms with Gasteiger partial charge in [0.1, 0.15) is 5.52 Å². The number of aromatic nitrogens is 4. The lowest BCUT2D eigenvalue weighted by molar-refractivity contribution is 0.205. The van der Waals surface area contributed by atoms with E-state index < -0.39 is 10.0 Å². The predicted octanol–water partition coefficient (Wildman–Crippen LogP) is 6.30. The summed E-state index contributed by atoms with van der Waals surface area (Å²) < 4.78 is 34.6. The molecule has 5 rings (SSSR count). The lowest BCUT2D eigenvalue weighted by atomic mass is 9.87. The number of anilines is 3. The normalized spacial score (nSPS) is 14.8. The van der Waals surface area contributed by atoms with Crippen LogP contribution < -0.4 is 14.8 Å². The molecule has 0 atom stereocenters. The monoisotopic (exact) mass is 548 g/mol. The van der Waals surface area contributed by atoms with Crippen molar-refractivity contribution in [3.63, 3.8) is 0 Å². The fourth-order valence-corrected chi connectivity index (χ4v) is 6.04. The number of H-pyrrole nitrogens is 1. The summed E-state index contributed by atoms with van der Waals surface area (Å²) in [5.74, 6) is 1.17. The second-order valence-electron chi connectivity index (χ2n) is 11.3. The van der Waals surface area contributed by atoms with Crippen LogP contribution in [0.25, 0.3) is 11.2 Å². The number of imidazole rings is 1. The number of hydrogen-bond donors (Lipinski definition) is 3. The zero-order chi connectivity index (χ0) is 27.5. The highest BCUT2D eigenvalue weighted by Crippen LogP contribution is 2.28. The molecule has 0 amide bonds. The van der Waals surface area contributed by atoms with Crippen LogP contribution in [0.4, 0.5) is 17.3 Å². The maximum atomic E-state index is 12.9. The van der Waals surface area contributed by atoms with E-state index in [1.54, 1.807) is 36.7 Å². The molecule has 0 aliphatic heterocycles. The van der Waals surface area contributed by atoms with Crippen LogP contribution in [0.3, 0.4) is 0 Å². The zero-order valence-electron chi connectivity index (χ0n) is 22.7. The Morgan fingerprint density at radius 1 is 1.00 bits per heavy atom. The summed E-state index contributed by atoms with van der Waals surface area (Å²) in [5, 5.41) is 3.19. The SMILES string of the molecule is CC(C)(C)c1ccc(NS(=O)(=O)Cc2cccc(Nc3nc(OCC4CCCCC4)c4[nH]cnc4n3)c2)cc1. The Morgan fingerprint density at radius 3 is 2.51 bits per heavy atom. The summed E-state index contributed by atoms with van der Waals surface area (Å²) in [5.41, 5.74) is 4.15. The van der Waals surface area contributed by atoms with Crippen LogP contribution in [0, 0.1) is 5.92 Å². The van der Waals surface area contributed by atoms with Crippen molar-refractivity contribution >= 4 is 38.5 Å². The van der Waals surface area contributed by atoms with Crippen LogP contribution in [-0.4, -0.2) is 35.0 Å². The number of hydrogen-bond acceptors (Lipinski definition) is 7. The van der Waals surface area contributed by atoms with Crippen LogP contribution in [0.1, 0.15) is 64.0 Å². The van der Waals surface area contributed by atoms with Crippen molar-refractivity contribution in [1.29, 1.82) is 0 Å². The molecule has 0 saturated heterocycles. The zero-order valence-corrected chi connectivity index (χ0v) is 23.5. The number of rotatable bonds is 9. The Hall–Kier alpha value is -3.66. The number of fused-ring (bicyclic) bond motifs is 1. The minimum absolute atomic E-state index is 0.00146. The third kappa shape index (κ3) is 7.06. The molecule has 1 aliphatic carbocycles. The van der Waals surface area contributed by atoms with Gasteiger partial charge in [0.2, 0.25) is 21.9 Å². The Bertz CT molecular complexity index is 1520. The van der Waals surface area contributed by atoms with Crippen LogP contribution in [0.15, 0.2) is 54.9 Å². The van der Waals surface area contributed by atoms with Gasteiger partial charge >= 0.3 is 0 Å². The fourth-order valence-electron chi connectivity index (χ4n) is 4.86. The van der Waals surface area contributed by atoms with E-state index >= 15 is 0 Å². The van der Waals surface area contributed by atoms with Gasteiger partial charge in [-0.05, 0) is 59.6 Å². The van der Waals surface area contributed by atoms with E-state index in [0.717, 1.165) is 5.56 Å². The first-order valence-electron chi connectivity index (χ1n) is 13.5. The summed E-state index contributed by atoms with van der Waals surface area (Å²) in [6.45, 7) is 6.98. The first-order chi connectivity index (χ1) is 18.6. The molecular weight excluding hydrogens is 512 g/mol. The van der Waals surface area contributed by atoms with Crippen molar-refractivity contribution < 1.29 is 13.2 Å². The fraction of sp³-hybridized carbons (Fsp3) is 0.414. The molecule has 206 valence electrons. The van der Waals surface area contributed by atoms with Crippen LogP contribution in [-0.2, 0) is 21.2 Å². The molecule has 2 aromatic heterocycles. The van der Waals surface area contributed by atoms with Crippen molar-refractivity contribution in [2.45, 2.75) is 64.0 Å². The van der Waals surface area contributed by atoms with Gasteiger partial charge in [0.05, 0.1) is 18.7 Å². The van der Waals surface area contributed by atoms with Gasteiger partial charge in [-0.25, -0.2) is 13.4 Å². The van der Waals surface area contributed by atoms with Crippen molar-refractivity contribution in [3.8, 4) is 5.88 Å². The summed E-state index contributed by atoms with van der Waals surface area (Å²) >= 11 is 0. The maximum absolute atomic E-state index is 12.9. The standard InChI is InChI=1S/C29H36N6O3S/c1-29(2,3)22-12-14-23(15-13-22)35-39(36,37)18-21-10-7-11-24(16-21)32-28-33-26-25(30-19-31-26)27(34-28)38-17-20-8-5-4-6-9-20/h7,10-16,19-20,35H,4-6,8-9,17-18H2,1-3H3,(H2,30,31,32,33,34). The third-order valence-electron chi connectivity index (χ3n) is 7.00. The molecule has 1 fully saturated rings. The molecule has 0 spiro atoms. The minimum Gasteiger partial charge on any atom is -0.476 e. The predicted molar refractivity (Wildman–Crippen MR) is 155 cm³/mol. The minimum atomic E-state index is -3.61. The van der Waals surface area contributed by atoms with Gasteiger partial charge in [-0.3, -0.25) is 4.72 Å². The topological polar surface area (TPSA) is 122 Å². The van der Waals surface area contributed by atoms with Crippen molar-refractivity contribution in [2.75, 3.05) is 16.6 Å². The molecule has 0 bridgehead atoms. The summed E-state index contributed by atoms with van der Waals surface area (Å²) in [4.78, 5) is 16.4. The maximum Gasteiger partial charge on any atom is 0.245 e. The molecule has 4 aromatic rings. The Kier molecular flexibility index (Phi) is 7.74. The molecule has 0 radical (unpaired) electrons. The third-order valence-corrected chi connectivity index (χ3v) is 8.26. The summed E-state index contributed by atoms with van der Waals surface area (Å²) in [6, 6.07) is 14.7. The van der Waals surface area contributed by atoms with E-state index in [1.165, 1.54) is 32.1 Å². The van der Waals surface area contributed by atoms with E-state index in [1.807, 2.05) is 18.2 Å². The number of nitrogens with zero attached hydrogens (tertiary/aromatic N) is 3. The van der Waals surface area contributed by atoms with E-state index in [2.05, 4.69) is 50.7 Å². The second-order valence-corrected chi connectivity index (χ2v) is 13.0. The van der Waals surface area contributed by atoms with Crippen LogP contribution in [0.2, 0.25) is 0 Å². The molecule has 9 nitrogen and oxygen atoms in total. The highest BCUT2D eigenvalue weighted by Gasteiger charge is 2.18. The number of aromatic amines is 1. The van der Waals surface area contributed by atoms with Gasteiger partial charge in [-0.15, -0.1) is 0 Å². The van der Waals surface area contributed by atoms with Gasteiger partial charge in [0.25, 0.3) is 0 Å². The molecule has 0 unspecified atom stereocenters. The first-order valence-corrected chi connectivity index (χ1v) is 15.1. The molecule has 1 aliphatic rings. The van der Waals surface area contributed by atoms with Crippen molar-refractivity contribution in [3.05, 3.63) is 66.0 Å². The number of sulfonamides is 1. The van der Waals surface area contributed by atoms with E-state index in [-0.39, 0.29) is 11.2 Å². The van der Waals surface area contributed by atoms with E-state index in [9.17, 15) is 8.42 Å². The van der Waals surface area contributed by atoms with E-state index in [0.29, 0.717) is 52.5 Å². The molecule has 3 N–H and O–H groups in total. The van der Waals surface area contributed by atoms with Gasteiger partial charge in [-0.2, -0.15) is 9.97 Å². The van der Waals surface area contributed by atoms with E-state index in [4.69, 9.17) is 4.74 Å². The number of ether oxygens (including phenoxy) is 1. The molecule has 1 saturated carbocycles. The molecule has 39 heavy (non-hydrogen) atoms. The van der Waals surface area contributed by atoms with Crippen molar-refractivity contribution in [1.82, 2.24) is 19.9 Å².